The highest BCUT2D eigenvalue weighted by Gasteiger charge is 2.26. The zero-order valence-electron chi connectivity index (χ0n) is 14.6. The molecule has 0 bridgehead atoms. The van der Waals surface area contributed by atoms with E-state index in [0.717, 1.165) is 16.3 Å². The number of hydrogen-bond donors (Lipinski definition) is 0. The Bertz CT molecular complexity index is 758. The predicted octanol–water partition coefficient (Wildman–Crippen LogP) is 2.56. The van der Waals surface area contributed by atoms with Crippen molar-refractivity contribution in [3.05, 3.63) is 48.0 Å². The third-order valence-electron chi connectivity index (χ3n) is 4.34. The molecule has 0 radical (unpaired) electrons. The van der Waals surface area contributed by atoms with Gasteiger partial charge in [-0.15, -0.1) is 0 Å². The molecule has 1 aliphatic rings. The van der Waals surface area contributed by atoms with Crippen LogP contribution in [0.4, 0.5) is 0 Å². The molecule has 25 heavy (non-hydrogen) atoms. The van der Waals surface area contributed by atoms with Gasteiger partial charge in [0.1, 0.15) is 0 Å². The largest absolute Gasteiger partial charge is 0.455 e. The fourth-order valence-electron chi connectivity index (χ4n) is 3.27. The van der Waals surface area contributed by atoms with Crippen molar-refractivity contribution < 1.29 is 19.1 Å². The number of fused-ring (bicyclic) bond motifs is 1. The number of benzene rings is 2. The summed E-state index contributed by atoms with van der Waals surface area (Å²) in [4.78, 5) is 26.1. The third kappa shape index (κ3) is 4.37. The lowest BCUT2D eigenvalue weighted by Gasteiger charge is -2.35. The zero-order valence-corrected chi connectivity index (χ0v) is 14.6. The van der Waals surface area contributed by atoms with Gasteiger partial charge in [-0.3, -0.25) is 9.59 Å². The summed E-state index contributed by atoms with van der Waals surface area (Å²) < 4.78 is 10.8. The SMILES string of the molecule is C[C@@H]1CN(C(=O)COC(=O)Cc2cccc3ccccc23)C[C@H](C)O1. The van der Waals surface area contributed by atoms with E-state index in [1.807, 2.05) is 56.3 Å². The molecular weight excluding hydrogens is 318 g/mol. The van der Waals surface area contributed by atoms with Gasteiger partial charge in [-0.2, -0.15) is 0 Å². The van der Waals surface area contributed by atoms with Crippen molar-refractivity contribution in [2.24, 2.45) is 0 Å². The first kappa shape index (κ1) is 17.4. The van der Waals surface area contributed by atoms with Crippen LogP contribution in [0.15, 0.2) is 42.5 Å². The first-order chi connectivity index (χ1) is 12.0. The Morgan fingerprint density at radius 2 is 1.76 bits per heavy atom. The number of rotatable bonds is 4. The van der Waals surface area contributed by atoms with Crippen LogP contribution in [0.2, 0.25) is 0 Å². The van der Waals surface area contributed by atoms with Crippen molar-refractivity contribution in [1.29, 1.82) is 0 Å². The molecule has 0 unspecified atom stereocenters. The van der Waals surface area contributed by atoms with Gasteiger partial charge >= 0.3 is 5.97 Å². The van der Waals surface area contributed by atoms with E-state index in [1.54, 1.807) is 4.90 Å². The summed E-state index contributed by atoms with van der Waals surface area (Å²) >= 11 is 0. The molecule has 2 aromatic carbocycles. The number of hydrogen-bond acceptors (Lipinski definition) is 4. The fourth-order valence-corrected chi connectivity index (χ4v) is 3.27. The smallest absolute Gasteiger partial charge is 0.310 e. The topological polar surface area (TPSA) is 55.8 Å². The average Bonchev–Trinajstić information content (AvgIpc) is 2.59. The average molecular weight is 341 g/mol. The van der Waals surface area contributed by atoms with Gasteiger partial charge in [-0.05, 0) is 30.2 Å². The Balaban J connectivity index is 1.56. The number of carbonyl (C=O) groups is 2. The van der Waals surface area contributed by atoms with Crippen molar-refractivity contribution in [3.8, 4) is 0 Å². The maximum absolute atomic E-state index is 12.3. The van der Waals surface area contributed by atoms with E-state index < -0.39 is 0 Å². The van der Waals surface area contributed by atoms with Gasteiger partial charge in [0, 0.05) is 13.1 Å². The van der Waals surface area contributed by atoms with Crippen molar-refractivity contribution in [2.75, 3.05) is 19.7 Å². The van der Waals surface area contributed by atoms with Crippen LogP contribution in [0, 0.1) is 0 Å². The van der Waals surface area contributed by atoms with Gasteiger partial charge in [0.05, 0.1) is 18.6 Å². The second-order valence-corrected chi connectivity index (χ2v) is 6.53. The molecule has 0 aliphatic carbocycles. The number of carbonyl (C=O) groups excluding carboxylic acids is 2. The van der Waals surface area contributed by atoms with Crippen molar-refractivity contribution >= 4 is 22.6 Å². The fraction of sp³-hybridized carbons (Fsp3) is 0.400. The highest BCUT2D eigenvalue weighted by molar-refractivity contribution is 5.89. The lowest BCUT2D eigenvalue weighted by atomic mass is 10.0. The second-order valence-electron chi connectivity index (χ2n) is 6.53. The Kier molecular flexibility index (Phi) is 5.34. The van der Waals surface area contributed by atoms with Crippen molar-refractivity contribution in [2.45, 2.75) is 32.5 Å². The molecule has 2 aromatic rings. The van der Waals surface area contributed by atoms with E-state index in [9.17, 15) is 9.59 Å². The minimum atomic E-state index is -0.390. The molecule has 0 aromatic heterocycles. The maximum Gasteiger partial charge on any atom is 0.310 e. The van der Waals surface area contributed by atoms with E-state index in [1.165, 1.54) is 0 Å². The molecule has 0 spiro atoms. The van der Waals surface area contributed by atoms with Crippen LogP contribution < -0.4 is 0 Å². The molecule has 0 saturated carbocycles. The summed E-state index contributed by atoms with van der Waals surface area (Å²) in [6.07, 6.45) is 0.156. The summed E-state index contributed by atoms with van der Waals surface area (Å²) in [5.41, 5.74) is 0.907. The van der Waals surface area contributed by atoms with Crippen LogP contribution in [0.25, 0.3) is 10.8 Å². The van der Waals surface area contributed by atoms with Gasteiger partial charge in [0.15, 0.2) is 6.61 Å². The first-order valence-corrected chi connectivity index (χ1v) is 8.58. The van der Waals surface area contributed by atoms with E-state index in [4.69, 9.17) is 9.47 Å². The molecule has 5 heteroatoms. The molecule has 1 amide bonds. The lowest BCUT2D eigenvalue weighted by Crippen LogP contribution is -2.49. The van der Waals surface area contributed by atoms with Gasteiger partial charge in [-0.1, -0.05) is 42.5 Å². The predicted molar refractivity (Wildman–Crippen MR) is 95.2 cm³/mol. The summed E-state index contributed by atoms with van der Waals surface area (Å²) in [5, 5.41) is 2.12. The van der Waals surface area contributed by atoms with Crippen LogP contribution in [-0.4, -0.2) is 48.7 Å². The summed E-state index contributed by atoms with van der Waals surface area (Å²) in [7, 11) is 0. The normalized spacial score (nSPS) is 20.5. The monoisotopic (exact) mass is 341 g/mol. The lowest BCUT2D eigenvalue weighted by molar-refractivity contribution is -0.156. The third-order valence-corrected chi connectivity index (χ3v) is 4.34. The van der Waals surface area contributed by atoms with E-state index >= 15 is 0 Å². The Labute approximate surface area is 147 Å². The molecule has 1 aliphatic heterocycles. The van der Waals surface area contributed by atoms with E-state index in [2.05, 4.69) is 0 Å². The van der Waals surface area contributed by atoms with E-state index in [-0.39, 0.29) is 37.1 Å². The van der Waals surface area contributed by atoms with Crippen LogP contribution in [0.1, 0.15) is 19.4 Å². The summed E-state index contributed by atoms with van der Waals surface area (Å²) in [6, 6.07) is 13.8. The van der Waals surface area contributed by atoms with E-state index in [0.29, 0.717) is 13.1 Å². The molecule has 1 saturated heterocycles. The molecule has 132 valence electrons. The summed E-state index contributed by atoms with van der Waals surface area (Å²) in [6.45, 7) is 4.71. The second kappa shape index (κ2) is 7.66. The van der Waals surface area contributed by atoms with Gasteiger partial charge in [-0.25, -0.2) is 0 Å². The minimum Gasteiger partial charge on any atom is -0.455 e. The highest BCUT2D eigenvalue weighted by Crippen LogP contribution is 2.19. The molecule has 3 rings (SSSR count). The van der Waals surface area contributed by atoms with Gasteiger partial charge in [0.2, 0.25) is 0 Å². The molecule has 1 heterocycles. The standard InChI is InChI=1S/C20H23NO4/c1-14-11-21(12-15(2)25-14)19(22)13-24-20(23)10-17-8-5-7-16-6-3-4-9-18(16)17/h3-9,14-15H,10-13H2,1-2H3/t14-,15+. The number of nitrogens with zero attached hydrogens (tertiary/aromatic N) is 1. The Morgan fingerprint density at radius 3 is 2.52 bits per heavy atom. The summed E-state index contributed by atoms with van der Waals surface area (Å²) in [5.74, 6) is -0.563. The van der Waals surface area contributed by atoms with Crippen LogP contribution in [-0.2, 0) is 25.5 Å². The zero-order chi connectivity index (χ0) is 17.8. The van der Waals surface area contributed by atoms with Crippen LogP contribution in [0.5, 0.6) is 0 Å². The number of morpholine rings is 1. The van der Waals surface area contributed by atoms with Crippen molar-refractivity contribution in [1.82, 2.24) is 4.90 Å². The Hall–Kier alpha value is -2.40. The molecule has 0 N–H and O–H groups in total. The van der Waals surface area contributed by atoms with Crippen LogP contribution >= 0.6 is 0 Å². The Morgan fingerprint density at radius 1 is 1.08 bits per heavy atom. The van der Waals surface area contributed by atoms with Crippen molar-refractivity contribution in [3.63, 3.8) is 0 Å². The van der Waals surface area contributed by atoms with Gasteiger partial charge in [0.25, 0.3) is 5.91 Å². The molecule has 5 nitrogen and oxygen atoms in total. The molecule has 1 fully saturated rings. The maximum atomic E-state index is 12.3. The van der Waals surface area contributed by atoms with Crippen LogP contribution in [0.3, 0.4) is 0 Å². The molecular formula is C20H23NO4. The van der Waals surface area contributed by atoms with Gasteiger partial charge < -0.3 is 14.4 Å². The number of amides is 1. The molecule has 2 atom stereocenters. The first-order valence-electron chi connectivity index (χ1n) is 8.58. The number of esters is 1. The highest BCUT2D eigenvalue weighted by atomic mass is 16.5. The quantitative estimate of drug-likeness (QED) is 0.802. The number of ether oxygens (including phenoxy) is 2. The minimum absolute atomic E-state index is 0.000847.